The van der Waals surface area contributed by atoms with Crippen LogP contribution >= 0.6 is 0 Å². The van der Waals surface area contributed by atoms with Crippen molar-refractivity contribution in [1.82, 2.24) is 9.97 Å². The van der Waals surface area contributed by atoms with Crippen LogP contribution in [-0.4, -0.2) is 26.1 Å². The normalized spacial score (nSPS) is 12.2. The average Bonchev–Trinajstić information content (AvgIpc) is 2.83. The third-order valence-corrected chi connectivity index (χ3v) is 10.8. The summed E-state index contributed by atoms with van der Waals surface area (Å²) in [5.41, 5.74) is 5.70. The van der Waals surface area contributed by atoms with Gasteiger partial charge < -0.3 is 9.97 Å². The van der Waals surface area contributed by atoms with E-state index in [-0.39, 0.29) is 26.5 Å². The van der Waals surface area contributed by atoms with Crippen LogP contribution in [-0.2, 0) is 26.5 Å². The molecule has 2 nitrogen and oxygen atoms in total. The van der Waals surface area contributed by atoms with Crippen LogP contribution in [0.5, 0.6) is 0 Å². The van der Waals surface area contributed by atoms with Crippen molar-refractivity contribution >= 4 is 26.5 Å². The largest absolute Gasteiger partial charge is 2.00 e. The predicted octanol–water partition coefficient (Wildman–Crippen LogP) is 6.82. The summed E-state index contributed by atoms with van der Waals surface area (Å²) < 4.78 is 0. The zero-order valence-corrected chi connectivity index (χ0v) is 26.9. The molecule has 2 aromatic carbocycles. The van der Waals surface area contributed by atoms with Crippen LogP contribution in [0.3, 0.4) is 0 Å². The molecule has 0 radical (unpaired) electrons. The third kappa shape index (κ3) is 6.22. The molecule has 0 aliphatic carbocycles. The van der Waals surface area contributed by atoms with Gasteiger partial charge in [-0.05, 0) is 37.4 Å². The van der Waals surface area contributed by atoms with Gasteiger partial charge >= 0.3 is 21.1 Å². The summed E-state index contributed by atoms with van der Waals surface area (Å²) in [4.78, 5) is 10.2. The summed E-state index contributed by atoms with van der Waals surface area (Å²) >= 11 is 0. The Kier molecular flexibility index (Phi) is 8.44. The van der Waals surface area contributed by atoms with Gasteiger partial charge in [0.2, 0.25) is 0 Å². The Morgan fingerprint density at radius 2 is 1.00 bits per heavy atom. The first-order valence-electron chi connectivity index (χ1n) is 12.4. The molecule has 0 fully saturated rings. The Morgan fingerprint density at radius 3 is 1.36 bits per heavy atom. The van der Waals surface area contributed by atoms with Gasteiger partial charge in [-0.3, -0.25) is 0 Å². The molecule has 4 rings (SSSR count). The van der Waals surface area contributed by atoms with Gasteiger partial charge in [-0.25, -0.2) is 0 Å². The number of pyridine rings is 2. The first-order chi connectivity index (χ1) is 16.4. The Hall–Kier alpha value is -2.14. The fraction of sp³-hybridized carbons (Fsp3) is 0.290. The van der Waals surface area contributed by atoms with Crippen molar-refractivity contribution in [2.24, 2.45) is 0 Å². The van der Waals surface area contributed by atoms with Crippen LogP contribution < -0.4 is 10.4 Å². The molecule has 188 valence electrons. The van der Waals surface area contributed by atoms with Crippen molar-refractivity contribution in [3.63, 3.8) is 0 Å². The molecule has 2 aromatic heterocycles. The van der Waals surface area contributed by atoms with Crippen LogP contribution in [0.25, 0.3) is 22.5 Å². The van der Waals surface area contributed by atoms with Crippen LogP contribution in [0.2, 0.25) is 39.3 Å². The Morgan fingerprint density at radius 1 is 0.611 bits per heavy atom. The zero-order valence-electron chi connectivity index (χ0n) is 22.6. The summed E-state index contributed by atoms with van der Waals surface area (Å²) in [6, 6.07) is 32.4. The van der Waals surface area contributed by atoms with E-state index >= 15 is 0 Å². The zero-order chi connectivity index (χ0) is 25.4. The quantitative estimate of drug-likeness (QED) is 0.164. The fourth-order valence-electron chi connectivity index (χ4n) is 4.16. The Labute approximate surface area is 233 Å². The second-order valence-electron chi connectivity index (χ2n) is 11.9. The molecule has 0 saturated heterocycles. The van der Waals surface area contributed by atoms with Gasteiger partial charge in [-0.1, -0.05) is 63.5 Å². The topological polar surface area (TPSA) is 25.8 Å². The summed E-state index contributed by atoms with van der Waals surface area (Å²) in [6.07, 6.45) is 0. The van der Waals surface area contributed by atoms with E-state index < -0.39 is 16.1 Å². The molecule has 0 unspecified atom stereocenters. The maximum Gasteiger partial charge on any atom is 2.00 e. The second-order valence-corrected chi connectivity index (χ2v) is 22.1. The second kappa shape index (κ2) is 10.7. The maximum atomic E-state index is 5.10. The maximum absolute atomic E-state index is 5.10. The Balaban J connectivity index is 0.00000361. The van der Waals surface area contributed by atoms with Gasteiger partial charge in [0.25, 0.3) is 0 Å². The summed E-state index contributed by atoms with van der Waals surface area (Å²) in [6.45, 7) is 18.6. The van der Waals surface area contributed by atoms with E-state index in [1.807, 2.05) is 12.1 Å². The molecule has 4 aromatic rings. The van der Waals surface area contributed by atoms with E-state index in [1.165, 1.54) is 10.4 Å². The first kappa shape index (κ1) is 28.4. The number of hydrogen-bond acceptors (Lipinski definition) is 2. The summed E-state index contributed by atoms with van der Waals surface area (Å²) in [7, 11) is -2.83. The van der Waals surface area contributed by atoms with Gasteiger partial charge in [-0.2, -0.15) is 0 Å². The van der Waals surface area contributed by atoms with Crippen LogP contribution in [0.15, 0.2) is 72.8 Å². The van der Waals surface area contributed by atoms with Crippen molar-refractivity contribution in [2.75, 3.05) is 0 Å². The van der Waals surface area contributed by atoms with Crippen molar-refractivity contribution < 1.29 is 21.1 Å². The molecule has 0 amide bonds. The van der Waals surface area contributed by atoms with Crippen molar-refractivity contribution in [3.8, 4) is 22.5 Å². The van der Waals surface area contributed by atoms with Crippen LogP contribution in [0.4, 0.5) is 0 Å². The monoisotopic (exact) mass is 687 g/mol. The molecule has 36 heavy (non-hydrogen) atoms. The minimum Gasteiger partial charge on any atom is -0.300 e. The SMILES string of the molecule is CC(C)(c1cccc(-c2[c-]ccc([Si](C)(C)C)c2)n1)c1cccc(-c2[c-]ccc([Si](C)(C)C)c2)n1.[Pt+2]. The molecule has 0 saturated carbocycles. The van der Waals surface area contributed by atoms with Crippen molar-refractivity contribution in [3.05, 3.63) is 96.3 Å². The standard InChI is InChI=1S/C31H36N2Si2.Pt/c1-31(2,29-19-11-17-27(32-29)23-13-9-15-25(21-23)34(3,4)5)30-20-12-18-28(33-30)24-14-10-16-26(22-24)35(6,7)8;/h9-12,15-22H,1-8H3;/q-2;+2. The van der Waals surface area contributed by atoms with Crippen molar-refractivity contribution in [2.45, 2.75) is 58.5 Å². The van der Waals surface area contributed by atoms with Gasteiger partial charge in [0.1, 0.15) is 0 Å². The van der Waals surface area contributed by atoms with Gasteiger partial charge in [0.05, 0.1) is 16.1 Å². The van der Waals surface area contributed by atoms with E-state index in [0.29, 0.717) is 0 Å². The van der Waals surface area contributed by atoms with Crippen molar-refractivity contribution in [1.29, 1.82) is 0 Å². The van der Waals surface area contributed by atoms with E-state index in [9.17, 15) is 0 Å². The molecule has 0 atom stereocenters. The molecule has 2 heterocycles. The van der Waals surface area contributed by atoms with E-state index in [2.05, 4.69) is 126 Å². The smallest absolute Gasteiger partial charge is 0.300 e. The summed E-state index contributed by atoms with van der Waals surface area (Å²) in [5.74, 6) is 0. The molecule has 0 bridgehead atoms. The Bertz CT molecular complexity index is 1250. The third-order valence-electron chi connectivity index (χ3n) is 6.67. The van der Waals surface area contributed by atoms with Gasteiger partial charge in [0, 0.05) is 16.8 Å². The van der Waals surface area contributed by atoms with Crippen LogP contribution in [0, 0.1) is 12.1 Å². The molecule has 0 aliphatic rings. The minimum atomic E-state index is -1.41. The molecule has 0 aliphatic heterocycles. The first-order valence-corrected chi connectivity index (χ1v) is 19.4. The fourth-order valence-corrected chi connectivity index (χ4v) is 6.48. The van der Waals surface area contributed by atoms with E-state index in [4.69, 9.17) is 9.97 Å². The van der Waals surface area contributed by atoms with Gasteiger partial charge in [0.15, 0.2) is 0 Å². The molecule has 0 N–H and O–H groups in total. The summed E-state index contributed by atoms with van der Waals surface area (Å²) in [5, 5.41) is 2.84. The number of aromatic nitrogens is 2. The number of hydrogen-bond donors (Lipinski definition) is 0. The molecular weight excluding hydrogens is 652 g/mol. The number of rotatable bonds is 6. The molecule has 5 heteroatoms. The van der Waals surface area contributed by atoms with E-state index in [0.717, 1.165) is 33.9 Å². The number of benzene rings is 2. The number of nitrogens with zero attached hydrogens (tertiary/aromatic N) is 2. The van der Waals surface area contributed by atoms with Crippen LogP contribution in [0.1, 0.15) is 25.2 Å². The predicted molar refractivity (Wildman–Crippen MR) is 155 cm³/mol. The molecular formula is C31H36N2PtSi2. The average molecular weight is 688 g/mol. The van der Waals surface area contributed by atoms with E-state index in [1.54, 1.807) is 0 Å². The molecule has 0 spiro atoms. The van der Waals surface area contributed by atoms with Gasteiger partial charge in [-0.15, -0.1) is 70.0 Å². The minimum absolute atomic E-state index is 0.